The molecule has 0 aliphatic carbocycles. The molecule has 0 fully saturated rings. The van der Waals surface area contributed by atoms with Gasteiger partial charge in [0.2, 0.25) is 15.9 Å². The predicted octanol–water partition coefficient (Wildman–Crippen LogP) is 3.60. The van der Waals surface area contributed by atoms with E-state index in [0.29, 0.717) is 13.0 Å². The summed E-state index contributed by atoms with van der Waals surface area (Å²) in [6, 6.07) is 18.0. The monoisotopic (exact) mass is 481 g/mol. The van der Waals surface area contributed by atoms with Crippen molar-refractivity contribution in [3.05, 3.63) is 71.8 Å². The van der Waals surface area contributed by atoms with E-state index in [9.17, 15) is 13.2 Å². The molecule has 1 aliphatic heterocycles. The summed E-state index contributed by atoms with van der Waals surface area (Å²) in [5.74, 6) is 0.588. The van der Waals surface area contributed by atoms with E-state index < -0.39 is 16.1 Å². The SMILES string of the molecule is C[C@@H](CC(=O)NC1CCOc2cc(CN(C)C)ccc21)NS(=O)(=O)c1ccc2ccccc2c1. The highest BCUT2D eigenvalue weighted by Crippen LogP contribution is 2.33. The number of carbonyl (C=O) groups is 1. The molecule has 1 amide bonds. The number of sulfonamides is 1. The molecule has 0 bridgehead atoms. The van der Waals surface area contributed by atoms with Crippen LogP contribution in [0.25, 0.3) is 10.8 Å². The second-order valence-electron chi connectivity index (χ2n) is 9.10. The Labute approximate surface area is 201 Å². The Kier molecular flexibility index (Phi) is 7.21. The van der Waals surface area contributed by atoms with Crippen LogP contribution in [-0.2, 0) is 21.4 Å². The Morgan fingerprint density at radius 3 is 2.62 bits per heavy atom. The molecule has 0 spiro atoms. The van der Waals surface area contributed by atoms with E-state index in [4.69, 9.17) is 4.74 Å². The van der Waals surface area contributed by atoms with E-state index in [0.717, 1.165) is 34.2 Å². The third-order valence-electron chi connectivity index (χ3n) is 5.83. The van der Waals surface area contributed by atoms with E-state index >= 15 is 0 Å². The Morgan fingerprint density at radius 2 is 1.85 bits per heavy atom. The quantitative estimate of drug-likeness (QED) is 0.513. The van der Waals surface area contributed by atoms with Gasteiger partial charge in [-0.15, -0.1) is 0 Å². The summed E-state index contributed by atoms with van der Waals surface area (Å²) in [5, 5.41) is 4.87. The molecular weight excluding hydrogens is 450 g/mol. The number of hydrogen-bond acceptors (Lipinski definition) is 5. The highest BCUT2D eigenvalue weighted by Gasteiger charge is 2.25. The predicted molar refractivity (Wildman–Crippen MR) is 133 cm³/mol. The second kappa shape index (κ2) is 10.1. The number of fused-ring (bicyclic) bond motifs is 2. The zero-order chi connectivity index (χ0) is 24.3. The van der Waals surface area contributed by atoms with Crippen molar-refractivity contribution >= 4 is 26.7 Å². The summed E-state index contributed by atoms with van der Waals surface area (Å²) >= 11 is 0. The van der Waals surface area contributed by atoms with Crippen LogP contribution in [0.2, 0.25) is 0 Å². The van der Waals surface area contributed by atoms with Crippen LogP contribution >= 0.6 is 0 Å². The van der Waals surface area contributed by atoms with Gasteiger partial charge in [-0.1, -0.05) is 42.5 Å². The van der Waals surface area contributed by atoms with Crippen molar-refractivity contribution in [1.82, 2.24) is 14.9 Å². The Morgan fingerprint density at radius 1 is 1.09 bits per heavy atom. The fourth-order valence-electron chi connectivity index (χ4n) is 4.29. The topological polar surface area (TPSA) is 87.7 Å². The fraction of sp³-hybridized carbons (Fsp3) is 0.346. The third-order valence-corrected chi connectivity index (χ3v) is 7.42. The third kappa shape index (κ3) is 5.75. The molecule has 3 aromatic rings. The lowest BCUT2D eigenvalue weighted by Gasteiger charge is -2.28. The van der Waals surface area contributed by atoms with Crippen molar-refractivity contribution in [3.8, 4) is 5.75 Å². The molecule has 3 aromatic carbocycles. The molecule has 1 unspecified atom stereocenters. The summed E-state index contributed by atoms with van der Waals surface area (Å²) < 4.78 is 34.2. The molecular formula is C26H31N3O4S. The lowest BCUT2D eigenvalue weighted by atomic mass is 9.98. The van der Waals surface area contributed by atoms with Gasteiger partial charge in [-0.05, 0) is 55.6 Å². The Hall–Kier alpha value is -2.94. The minimum absolute atomic E-state index is 0.0399. The van der Waals surface area contributed by atoms with Crippen molar-refractivity contribution in [2.45, 2.75) is 43.3 Å². The number of amides is 1. The number of hydrogen-bond donors (Lipinski definition) is 2. The standard InChI is InChI=1S/C26H31N3O4S/c1-18(28-34(31,32)22-10-9-20-6-4-5-7-21(20)16-22)14-26(30)27-24-12-13-33-25-15-19(17-29(2)3)8-11-23(24)25/h4-11,15-16,18,24,28H,12-14,17H2,1-3H3,(H,27,30)/t18-,24?/m0/s1. The first-order valence-electron chi connectivity index (χ1n) is 11.4. The molecule has 2 N–H and O–H groups in total. The van der Waals surface area contributed by atoms with Crippen LogP contribution in [0.1, 0.15) is 36.9 Å². The van der Waals surface area contributed by atoms with Crippen molar-refractivity contribution in [2.24, 2.45) is 0 Å². The van der Waals surface area contributed by atoms with Crippen molar-refractivity contribution in [1.29, 1.82) is 0 Å². The van der Waals surface area contributed by atoms with Crippen LogP contribution in [-0.4, -0.2) is 46.0 Å². The second-order valence-corrected chi connectivity index (χ2v) is 10.8. The van der Waals surface area contributed by atoms with Crippen LogP contribution in [0.4, 0.5) is 0 Å². The summed E-state index contributed by atoms with van der Waals surface area (Å²) in [6.07, 6.45) is 0.710. The molecule has 7 nitrogen and oxygen atoms in total. The van der Waals surface area contributed by atoms with E-state index in [1.165, 1.54) is 0 Å². The summed E-state index contributed by atoms with van der Waals surface area (Å²) in [4.78, 5) is 15.0. The molecule has 1 heterocycles. The van der Waals surface area contributed by atoms with Gasteiger partial charge in [0.05, 0.1) is 17.5 Å². The average Bonchev–Trinajstić information content (AvgIpc) is 2.77. The van der Waals surface area contributed by atoms with Gasteiger partial charge in [-0.2, -0.15) is 0 Å². The maximum atomic E-state index is 12.9. The van der Waals surface area contributed by atoms with Gasteiger partial charge < -0.3 is 15.0 Å². The molecule has 0 radical (unpaired) electrons. The number of carbonyl (C=O) groups excluding carboxylic acids is 1. The molecule has 2 atom stereocenters. The van der Waals surface area contributed by atoms with Crippen molar-refractivity contribution in [3.63, 3.8) is 0 Å². The van der Waals surface area contributed by atoms with Crippen molar-refractivity contribution < 1.29 is 17.9 Å². The van der Waals surface area contributed by atoms with E-state index in [1.807, 2.05) is 56.6 Å². The largest absolute Gasteiger partial charge is 0.493 e. The van der Waals surface area contributed by atoms with Gasteiger partial charge in [0.25, 0.3) is 0 Å². The molecule has 1 aliphatic rings. The number of nitrogens with zero attached hydrogens (tertiary/aromatic N) is 1. The van der Waals surface area contributed by atoms with Crippen LogP contribution in [0.15, 0.2) is 65.6 Å². The first kappa shape index (κ1) is 24.2. The van der Waals surface area contributed by atoms with E-state index in [2.05, 4.69) is 14.9 Å². The van der Waals surface area contributed by atoms with Crippen LogP contribution in [0.3, 0.4) is 0 Å². The molecule has 4 rings (SSSR count). The molecule has 0 aromatic heterocycles. The van der Waals surface area contributed by atoms with Gasteiger partial charge in [-0.3, -0.25) is 4.79 Å². The number of benzene rings is 3. The van der Waals surface area contributed by atoms with Crippen molar-refractivity contribution in [2.75, 3.05) is 20.7 Å². The average molecular weight is 482 g/mol. The Bertz CT molecular complexity index is 1290. The first-order valence-corrected chi connectivity index (χ1v) is 12.9. The smallest absolute Gasteiger partial charge is 0.240 e. The zero-order valence-electron chi connectivity index (χ0n) is 19.7. The normalized spacial score (nSPS) is 16.6. The molecule has 8 heteroatoms. The van der Waals surface area contributed by atoms with Crippen LogP contribution in [0, 0.1) is 0 Å². The molecule has 0 saturated carbocycles. The minimum atomic E-state index is -3.75. The fourth-order valence-corrected chi connectivity index (χ4v) is 5.57. The van der Waals surface area contributed by atoms with Crippen LogP contribution < -0.4 is 14.8 Å². The van der Waals surface area contributed by atoms with Gasteiger partial charge in [0.1, 0.15) is 5.75 Å². The minimum Gasteiger partial charge on any atom is -0.493 e. The lowest BCUT2D eigenvalue weighted by Crippen LogP contribution is -2.39. The van der Waals surface area contributed by atoms with Crippen LogP contribution in [0.5, 0.6) is 5.75 Å². The zero-order valence-corrected chi connectivity index (χ0v) is 20.6. The summed E-state index contributed by atoms with van der Waals surface area (Å²) in [6.45, 7) is 3.03. The number of nitrogens with one attached hydrogen (secondary N) is 2. The molecule has 0 saturated heterocycles. The summed E-state index contributed by atoms with van der Waals surface area (Å²) in [5.41, 5.74) is 2.10. The highest BCUT2D eigenvalue weighted by atomic mass is 32.2. The van der Waals surface area contributed by atoms with E-state index in [1.54, 1.807) is 25.1 Å². The molecule has 34 heavy (non-hydrogen) atoms. The van der Waals surface area contributed by atoms with Gasteiger partial charge in [0, 0.05) is 31.0 Å². The van der Waals surface area contributed by atoms with Gasteiger partial charge >= 0.3 is 0 Å². The first-order chi connectivity index (χ1) is 16.2. The molecule has 180 valence electrons. The highest BCUT2D eigenvalue weighted by molar-refractivity contribution is 7.89. The van der Waals surface area contributed by atoms with Gasteiger partial charge in [-0.25, -0.2) is 13.1 Å². The maximum Gasteiger partial charge on any atom is 0.240 e. The maximum absolute atomic E-state index is 12.9. The number of ether oxygens (including phenoxy) is 1. The number of rotatable bonds is 8. The lowest BCUT2D eigenvalue weighted by molar-refractivity contribution is -0.122. The Balaban J connectivity index is 1.38. The van der Waals surface area contributed by atoms with Gasteiger partial charge in [0.15, 0.2) is 0 Å². The summed E-state index contributed by atoms with van der Waals surface area (Å²) in [7, 11) is 0.278. The van der Waals surface area contributed by atoms with E-state index in [-0.39, 0.29) is 23.3 Å².